The molecule has 0 saturated carbocycles. The SMILES string of the molecule is Cn1c(NC(=O)CCBr)nc2ccccc21.O=C(CCBr)Nc1nc2ccccc2s1. The molecule has 4 aromatic rings. The molecule has 0 atom stereocenters. The van der Waals surface area contributed by atoms with Crippen molar-refractivity contribution in [2.24, 2.45) is 7.05 Å². The minimum Gasteiger partial charge on any atom is -0.313 e. The lowest BCUT2D eigenvalue weighted by Crippen LogP contribution is -2.14. The minimum atomic E-state index is -0.0321. The van der Waals surface area contributed by atoms with E-state index < -0.39 is 0 Å². The fraction of sp³-hybridized carbons (Fsp3) is 0.238. The third-order valence-electron chi connectivity index (χ3n) is 4.22. The zero-order chi connectivity index (χ0) is 22.2. The summed E-state index contributed by atoms with van der Waals surface area (Å²) in [6, 6.07) is 15.6. The van der Waals surface area contributed by atoms with Crippen LogP contribution in [0, 0.1) is 0 Å². The minimum absolute atomic E-state index is 0.00840. The fourth-order valence-corrected chi connectivity index (χ4v) is 4.33. The molecule has 0 fully saturated rings. The van der Waals surface area contributed by atoms with Crippen LogP contribution in [0.15, 0.2) is 48.5 Å². The molecule has 2 amide bonds. The van der Waals surface area contributed by atoms with Crippen molar-refractivity contribution in [2.75, 3.05) is 21.3 Å². The number of aromatic nitrogens is 3. The fourth-order valence-electron chi connectivity index (χ4n) is 2.72. The zero-order valence-electron chi connectivity index (χ0n) is 16.8. The Hall–Kier alpha value is -2.30. The number of hydrogen-bond donors (Lipinski definition) is 2. The maximum Gasteiger partial charge on any atom is 0.227 e. The van der Waals surface area contributed by atoms with Crippen LogP contribution in [0.5, 0.6) is 0 Å². The van der Waals surface area contributed by atoms with E-state index in [1.807, 2.05) is 60.1 Å². The van der Waals surface area contributed by atoms with E-state index >= 15 is 0 Å². The van der Waals surface area contributed by atoms with Crippen LogP contribution in [-0.2, 0) is 16.6 Å². The number of halogens is 2. The van der Waals surface area contributed by atoms with E-state index in [0.717, 1.165) is 21.3 Å². The number of thiazole rings is 1. The van der Waals surface area contributed by atoms with Gasteiger partial charge in [-0.1, -0.05) is 67.5 Å². The van der Waals surface area contributed by atoms with Crippen LogP contribution >= 0.6 is 43.2 Å². The molecule has 2 aromatic carbocycles. The van der Waals surface area contributed by atoms with Crippen LogP contribution in [-0.4, -0.2) is 37.0 Å². The lowest BCUT2D eigenvalue weighted by atomic mass is 10.3. The second kappa shape index (κ2) is 11.4. The number of fused-ring (bicyclic) bond motifs is 2. The predicted octanol–water partition coefficient (Wildman–Crippen LogP) is 5.32. The molecule has 0 unspecified atom stereocenters. The first-order valence-electron chi connectivity index (χ1n) is 9.50. The molecule has 2 heterocycles. The van der Waals surface area contributed by atoms with Crippen LogP contribution in [0.4, 0.5) is 11.1 Å². The molecule has 162 valence electrons. The number of amides is 2. The molecule has 31 heavy (non-hydrogen) atoms. The van der Waals surface area contributed by atoms with Gasteiger partial charge in [0.05, 0.1) is 21.3 Å². The van der Waals surface area contributed by atoms with Crippen molar-refractivity contribution in [3.8, 4) is 0 Å². The van der Waals surface area contributed by atoms with E-state index in [-0.39, 0.29) is 11.8 Å². The highest BCUT2D eigenvalue weighted by molar-refractivity contribution is 9.09. The van der Waals surface area contributed by atoms with Crippen molar-refractivity contribution in [3.63, 3.8) is 0 Å². The van der Waals surface area contributed by atoms with Gasteiger partial charge < -0.3 is 9.88 Å². The standard InChI is InChI=1S/C11H12BrN3O.C10H9BrN2OS/c1-15-9-5-3-2-4-8(9)13-11(15)14-10(16)6-7-12;11-6-5-9(14)13-10-12-7-3-1-2-4-8(7)15-10/h2-5H,6-7H2,1H3,(H,13,14,16);1-4H,5-6H2,(H,12,13,14). The molecule has 0 bridgehead atoms. The molecule has 0 saturated heterocycles. The van der Waals surface area contributed by atoms with Gasteiger partial charge in [-0.05, 0) is 24.3 Å². The Labute approximate surface area is 200 Å². The smallest absolute Gasteiger partial charge is 0.227 e. The monoisotopic (exact) mass is 565 g/mol. The van der Waals surface area contributed by atoms with Crippen LogP contribution in [0.25, 0.3) is 21.3 Å². The van der Waals surface area contributed by atoms with Crippen LogP contribution in [0.2, 0.25) is 0 Å². The van der Waals surface area contributed by atoms with E-state index in [1.54, 1.807) is 0 Å². The number of rotatable bonds is 6. The molecule has 2 N–H and O–H groups in total. The Bertz CT molecular complexity index is 1160. The zero-order valence-corrected chi connectivity index (χ0v) is 20.8. The van der Waals surface area contributed by atoms with Crippen molar-refractivity contribution in [3.05, 3.63) is 48.5 Å². The first-order chi connectivity index (χ1) is 15.0. The Kier molecular flexibility index (Phi) is 8.56. The number of anilines is 2. The molecule has 0 aliphatic rings. The Morgan fingerprint density at radius 3 is 2.16 bits per heavy atom. The number of aryl methyl sites for hydroxylation is 1. The number of carbonyl (C=O) groups excluding carboxylic acids is 2. The van der Waals surface area contributed by atoms with Crippen molar-refractivity contribution < 1.29 is 9.59 Å². The number of imidazole rings is 1. The average Bonchev–Trinajstić information content (AvgIpc) is 3.29. The summed E-state index contributed by atoms with van der Waals surface area (Å²) in [7, 11) is 1.89. The highest BCUT2D eigenvalue weighted by Crippen LogP contribution is 2.25. The molecule has 2 aromatic heterocycles. The van der Waals surface area contributed by atoms with Crippen LogP contribution in [0.1, 0.15) is 12.8 Å². The summed E-state index contributed by atoms with van der Waals surface area (Å²) in [5.74, 6) is 0.549. The highest BCUT2D eigenvalue weighted by Gasteiger charge is 2.09. The van der Waals surface area contributed by atoms with E-state index in [4.69, 9.17) is 0 Å². The van der Waals surface area contributed by atoms with Gasteiger partial charge in [-0.25, -0.2) is 9.97 Å². The van der Waals surface area contributed by atoms with Gasteiger partial charge in [0.15, 0.2) is 5.13 Å². The number of benzene rings is 2. The number of nitrogens with zero attached hydrogens (tertiary/aromatic N) is 3. The summed E-state index contributed by atoms with van der Waals surface area (Å²) in [5.41, 5.74) is 2.83. The van der Waals surface area contributed by atoms with E-state index in [2.05, 4.69) is 52.5 Å². The van der Waals surface area contributed by atoms with Gasteiger partial charge >= 0.3 is 0 Å². The summed E-state index contributed by atoms with van der Waals surface area (Å²) in [5, 5.41) is 7.55. The maximum absolute atomic E-state index is 11.4. The summed E-state index contributed by atoms with van der Waals surface area (Å²) >= 11 is 7.94. The first-order valence-corrected chi connectivity index (χ1v) is 12.6. The molecular weight excluding hydrogens is 546 g/mol. The quantitative estimate of drug-likeness (QED) is 0.309. The van der Waals surface area contributed by atoms with E-state index in [0.29, 0.717) is 34.6 Å². The molecular formula is C21H21Br2N5O2S. The molecule has 0 spiro atoms. The summed E-state index contributed by atoms with van der Waals surface area (Å²) in [6.07, 6.45) is 0.916. The van der Waals surface area contributed by atoms with Gasteiger partial charge in [-0.3, -0.25) is 14.9 Å². The molecule has 0 radical (unpaired) electrons. The van der Waals surface area contributed by atoms with Gasteiger partial charge in [0, 0.05) is 30.5 Å². The number of alkyl halides is 2. The Balaban J connectivity index is 0.000000176. The largest absolute Gasteiger partial charge is 0.313 e. The summed E-state index contributed by atoms with van der Waals surface area (Å²) < 4.78 is 2.97. The van der Waals surface area contributed by atoms with Gasteiger partial charge in [-0.15, -0.1) is 0 Å². The van der Waals surface area contributed by atoms with Gasteiger partial charge in [0.25, 0.3) is 0 Å². The lowest BCUT2D eigenvalue weighted by Gasteiger charge is -2.03. The van der Waals surface area contributed by atoms with Gasteiger partial charge in [0.2, 0.25) is 17.8 Å². The van der Waals surface area contributed by atoms with Crippen LogP contribution in [0.3, 0.4) is 0 Å². The topological polar surface area (TPSA) is 88.9 Å². The van der Waals surface area contributed by atoms with Gasteiger partial charge in [0.1, 0.15) is 0 Å². The first kappa shape index (κ1) is 23.4. The van der Waals surface area contributed by atoms with E-state index in [1.165, 1.54) is 11.3 Å². The molecule has 7 nitrogen and oxygen atoms in total. The van der Waals surface area contributed by atoms with Crippen molar-refractivity contribution in [1.82, 2.24) is 14.5 Å². The predicted molar refractivity (Wildman–Crippen MR) is 134 cm³/mol. The second-order valence-corrected chi connectivity index (χ2v) is 9.06. The number of hydrogen-bond acceptors (Lipinski definition) is 5. The van der Waals surface area contributed by atoms with E-state index in [9.17, 15) is 9.59 Å². The molecule has 0 aliphatic carbocycles. The van der Waals surface area contributed by atoms with Crippen LogP contribution < -0.4 is 10.6 Å². The molecule has 4 rings (SSSR count). The third kappa shape index (κ3) is 6.34. The third-order valence-corrected chi connectivity index (χ3v) is 5.97. The maximum atomic E-state index is 11.4. The summed E-state index contributed by atoms with van der Waals surface area (Å²) in [6.45, 7) is 0. The normalized spacial score (nSPS) is 10.5. The van der Waals surface area contributed by atoms with Crippen molar-refractivity contribution in [1.29, 1.82) is 0 Å². The summed E-state index contributed by atoms with van der Waals surface area (Å²) in [4.78, 5) is 31.4. The average molecular weight is 567 g/mol. The molecule has 10 heteroatoms. The number of carbonyl (C=O) groups is 2. The second-order valence-electron chi connectivity index (χ2n) is 6.44. The number of para-hydroxylation sites is 3. The Morgan fingerprint density at radius 1 is 0.903 bits per heavy atom. The lowest BCUT2D eigenvalue weighted by molar-refractivity contribution is -0.116. The van der Waals surface area contributed by atoms with Gasteiger partial charge in [-0.2, -0.15) is 0 Å². The van der Waals surface area contributed by atoms with Crippen molar-refractivity contribution in [2.45, 2.75) is 12.8 Å². The number of nitrogens with one attached hydrogen (secondary N) is 2. The Morgan fingerprint density at radius 2 is 1.52 bits per heavy atom. The van der Waals surface area contributed by atoms with Crippen molar-refractivity contribution >= 4 is 87.3 Å². The highest BCUT2D eigenvalue weighted by atomic mass is 79.9. The molecule has 0 aliphatic heterocycles.